The van der Waals surface area contributed by atoms with Crippen LogP contribution < -0.4 is 0 Å². The van der Waals surface area contributed by atoms with E-state index in [9.17, 15) is 8.78 Å². The Balaban J connectivity index is 2.70. The van der Waals surface area contributed by atoms with Crippen molar-refractivity contribution in [2.24, 2.45) is 5.92 Å². The van der Waals surface area contributed by atoms with Crippen LogP contribution >= 0.6 is 0 Å². The Morgan fingerprint density at radius 3 is 2.60 bits per heavy atom. The second kappa shape index (κ2) is 5.81. The molecule has 1 atom stereocenters. The molecule has 0 spiro atoms. The van der Waals surface area contributed by atoms with Gasteiger partial charge >= 0.3 is 0 Å². The van der Waals surface area contributed by atoms with Crippen molar-refractivity contribution >= 4 is 0 Å². The standard InChI is InChI=1S/C12H16F2O/c1-2-3-9(8-15)6-10-4-5-11(13)7-12(10)14/h4-5,7,9,15H,2-3,6,8H2,1H3. The highest BCUT2D eigenvalue weighted by Crippen LogP contribution is 2.17. The van der Waals surface area contributed by atoms with Gasteiger partial charge in [-0.1, -0.05) is 19.4 Å². The normalized spacial score (nSPS) is 12.8. The average molecular weight is 214 g/mol. The zero-order valence-electron chi connectivity index (χ0n) is 8.84. The Labute approximate surface area is 88.7 Å². The molecule has 1 rings (SSSR count). The van der Waals surface area contributed by atoms with Crippen molar-refractivity contribution in [1.82, 2.24) is 0 Å². The van der Waals surface area contributed by atoms with Crippen molar-refractivity contribution in [3.8, 4) is 0 Å². The molecule has 0 aromatic heterocycles. The molecule has 0 fully saturated rings. The number of aliphatic hydroxyl groups is 1. The van der Waals surface area contributed by atoms with E-state index in [4.69, 9.17) is 5.11 Å². The summed E-state index contributed by atoms with van der Waals surface area (Å²) < 4.78 is 25.9. The molecule has 0 aliphatic carbocycles. The van der Waals surface area contributed by atoms with Gasteiger partial charge in [-0.05, 0) is 30.4 Å². The van der Waals surface area contributed by atoms with Gasteiger partial charge < -0.3 is 5.11 Å². The van der Waals surface area contributed by atoms with E-state index >= 15 is 0 Å². The number of halogens is 2. The van der Waals surface area contributed by atoms with Crippen molar-refractivity contribution in [1.29, 1.82) is 0 Å². The van der Waals surface area contributed by atoms with Crippen molar-refractivity contribution in [3.05, 3.63) is 35.4 Å². The molecule has 0 heterocycles. The lowest BCUT2D eigenvalue weighted by atomic mass is 9.95. The molecule has 0 saturated carbocycles. The van der Waals surface area contributed by atoms with Gasteiger partial charge in [-0.2, -0.15) is 0 Å². The van der Waals surface area contributed by atoms with Crippen LogP contribution in [-0.4, -0.2) is 11.7 Å². The Morgan fingerprint density at radius 1 is 1.33 bits per heavy atom. The van der Waals surface area contributed by atoms with Crippen LogP contribution in [-0.2, 0) is 6.42 Å². The minimum atomic E-state index is -0.563. The number of hydrogen-bond donors (Lipinski definition) is 1. The Kier molecular flexibility index (Phi) is 4.69. The predicted octanol–water partition coefficient (Wildman–Crippen LogP) is 2.92. The van der Waals surface area contributed by atoms with E-state index in [0.717, 1.165) is 18.9 Å². The molecule has 0 amide bonds. The van der Waals surface area contributed by atoms with Crippen LogP contribution in [0.1, 0.15) is 25.3 Å². The summed E-state index contributed by atoms with van der Waals surface area (Å²) in [7, 11) is 0. The summed E-state index contributed by atoms with van der Waals surface area (Å²) in [6.07, 6.45) is 2.28. The van der Waals surface area contributed by atoms with Crippen LogP contribution in [0.5, 0.6) is 0 Å². The predicted molar refractivity (Wildman–Crippen MR) is 55.5 cm³/mol. The van der Waals surface area contributed by atoms with Crippen molar-refractivity contribution in [3.63, 3.8) is 0 Å². The molecule has 0 aliphatic rings. The summed E-state index contributed by atoms with van der Waals surface area (Å²) in [5.41, 5.74) is 0.476. The smallest absolute Gasteiger partial charge is 0.129 e. The van der Waals surface area contributed by atoms with E-state index in [1.807, 2.05) is 6.92 Å². The van der Waals surface area contributed by atoms with Gasteiger partial charge in [-0.3, -0.25) is 0 Å². The van der Waals surface area contributed by atoms with Gasteiger partial charge in [0.1, 0.15) is 11.6 Å². The second-order valence-electron chi connectivity index (χ2n) is 3.78. The zero-order chi connectivity index (χ0) is 11.3. The number of rotatable bonds is 5. The first kappa shape index (κ1) is 12.1. The highest BCUT2D eigenvalue weighted by molar-refractivity contribution is 5.19. The third-order valence-electron chi connectivity index (χ3n) is 2.48. The summed E-state index contributed by atoms with van der Waals surface area (Å²) in [4.78, 5) is 0. The molecular weight excluding hydrogens is 198 g/mol. The fourth-order valence-electron chi connectivity index (χ4n) is 1.66. The van der Waals surface area contributed by atoms with Gasteiger partial charge in [0.15, 0.2) is 0 Å². The van der Waals surface area contributed by atoms with E-state index in [0.29, 0.717) is 12.0 Å². The topological polar surface area (TPSA) is 20.2 Å². The molecule has 15 heavy (non-hydrogen) atoms. The van der Waals surface area contributed by atoms with Gasteiger partial charge in [0.25, 0.3) is 0 Å². The van der Waals surface area contributed by atoms with Gasteiger partial charge in [-0.25, -0.2) is 8.78 Å². The van der Waals surface area contributed by atoms with E-state index in [-0.39, 0.29) is 12.5 Å². The molecule has 0 radical (unpaired) electrons. The van der Waals surface area contributed by atoms with E-state index < -0.39 is 11.6 Å². The molecule has 1 nitrogen and oxygen atoms in total. The molecule has 1 unspecified atom stereocenters. The molecule has 0 saturated heterocycles. The molecule has 1 aromatic rings. The third-order valence-corrected chi connectivity index (χ3v) is 2.48. The van der Waals surface area contributed by atoms with Gasteiger partial charge in [0, 0.05) is 12.7 Å². The Morgan fingerprint density at radius 2 is 2.07 bits per heavy atom. The van der Waals surface area contributed by atoms with E-state index in [1.54, 1.807) is 0 Å². The van der Waals surface area contributed by atoms with Gasteiger partial charge in [-0.15, -0.1) is 0 Å². The summed E-state index contributed by atoms with van der Waals surface area (Å²) in [5, 5.41) is 9.07. The first-order chi connectivity index (χ1) is 7.17. The van der Waals surface area contributed by atoms with Gasteiger partial charge in [0.05, 0.1) is 0 Å². The second-order valence-corrected chi connectivity index (χ2v) is 3.78. The molecular formula is C12H16F2O. The molecule has 1 N–H and O–H groups in total. The summed E-state index contributed by atoms with van der Waals surface area (Å²) >= 11 is 0. The number of benzene rings is 1. The molecule has 1 aromatic carbocycles. The molecule has 84 valence electrons. The minimum absolute atomic E-state index is 0.0463. The third kappa shape index (κ3) is 3.59. The quantitative estimate of drug-likeness (QED) is 0.799. The minimum Gasteiger partial charge on any atom is -0.396 e. The SMILES string of the molecule is CCCC(CO)Cc1ccc(F)cc1F. The lowest BCUT2D eigenvalue weighted by Crippen LogP contribution is -2.10. The first-order valence-corrected chi connectivity index (χ1v) is 5.22. The maximum absolute atomic E-state index is 13.3. The lowest BCUT2D eigenvalue weighted by Gasteiger charge is -2.13. The van der Waals surface area contributed by atoms with Crippen LogP contribution in [0.25, 0.3) is 0 Å². The zero-order valence-corrected chi connectivity index (χ0v) is 8.84. The molecule has 3 heteroatoms. The van der Waals surface area contributed by atoms with Gasteiger partial charge in [0.2, 0.25) is 0 Å². The van der Waals surface area contributed by atoms with Crippen molar-refractivity contribution < 1.29 is 13.9 Å². The first-order valence-electron chi connectivity index (χ1n) is 5.22. The largest absolute Gasteiger partial charge is 0.396 e. The molecule has 0 aliphatic heterocycles. The monoisotopic (exact) mass is 214 g/mol. The number of aliphatic hydroxyl groups excluding tert-OH is 1. The summed E-state index contributed by atoms with van der Waals surface area (Å²) in [6.45, 7) is 2.06. The number of hydrogen-bond acceptors (Lipinski definition) is 1. The maximum Gasteiger partial charge on any atom is 0.129 e. The van der Waals surface area contributed by atoms with Crippen molar-refractivity contribution in [2.75, 3.05) is 6.61 Å². The Bertz CT molecular complexity index is 312. The Hall–Kier alpha value is -0.960. The maximum atomic E-state index is 13.3. The molecule has 0 bridgehead atoms. The van der Waals surface area contributed by atoms with Crippen LogP contribution in [0.4, 0.5) is 8.78 Å². The van der Waals surface area contributed by atoms with Crippen molar-refractivity contribution in [2.45, 2.75) is 26.2 Å². The summed E-state index contributed by atoms with van der Waals surface area (Å²) in [6, 6.07) is 3.58. The van der Waals surface area contributed by atoms with Crippen LogP contribution in [0.15, 0.2) is 18.2 Å². The fourth-order valence-corrected chi connectivity index (χ4v) is 1.66. The van der Waals surface area contributed by atoms with E-state index in [2.05, 4.69) is 0 Å². The fraction of sp³-hybridized carbons (Fsp3) is 0.500. The van der Waals surface area contributed by atoms with Crippen LogP contribution in [0.3, 0.4) is 0 Å². The lowest BCUT2D eigenvalue weighted by molar-refractivity contribution is 0.216. The highest BCUT2D eigenvalue weighted by atomic mass is 19.1. The van der Waals surface area contributed by atoms with Crippen LogP contribution in [0, 0.1) is 17.6 Å². The highest BCUT2D eigenvalue weighted by Gasteiger charge is 2.11. The van der Waals surface area contributed by atoms with Crippen LogP contribution in [0.2, 0.25) is 0 Å². The summed E-state index contributed by atoms with van der Waals surface area (Å²) in [5.74, 6) is -1.02. The van der Waals surface area contributed by atoms with E-state index in [1.165, 1.54) is 12.1 Å². The average Bonchev–Trinajstić information content (AvgIpc) is 2.21.